The molecule has 0 bridgehead atoms. The number of H-pyrrole nitrogens is 1. The van der Waals surface area contributed by atoms with Gasteiger partial charge in [-0.1, -0.05) is 19.3 Å². The van der Waals surface area contributed by atoms with Gasteiger partial charge in [0.25, 0.3) is 0 Å². The number of fused-ring (bicyclic) bond motifs is 1. The standard InChI is InChI=1S/C18H20FN5O/c19-14-10-22-16(13-9-21-15-12(13)5-4-8-20-15)24-17(14)23-11-18(25)6-2-1-3-7-18/h4-5,8-10,25H,1-3,6-7,11H2,(H,20,21)(H,22,23,24). The summed E-state index contributed by atoms with van der Waals surface area (Å²) in [6.07, 6.45) is 9.22. The first-order valence-corrected chi connectivity index (χ1v) is 8.56. The molecule has 7 heteroatoms. The summed E-state index contributed by atoms with van der Waals surface area (Å²) in [6.45, 7) is 0.288. The molecule has 3 aromatic heterocycles. The third-order valence-corrected chi connectivity index (χ3v) is 4.81. The lowest BCUT2D eigenvalue weighted by molar-refractivity contribution is 0.0166. The molecule has 130 valence electrons. The summed E-state index contributed by atoms with van der Waals surface area (Å²) in [5, 5.41) is 14.4. The van der Waals surface area contributed by atoms with Gasteiger partial charge in [-0.15, -0.1) is 0 Å². The third kappa shape index (κ3) is 3.19. The molecule has 3 N–H and O–H groups in total. The van der Waals surface area contributed by atoms with Crippen LogP contribution in [0.3, 0.4) is 0 Å². The van der Waals surface area contributed by atoms with Crippen molar-refractivity contribution in [1.29, 1.82) is 0 Å². The van der Waals surface area contributed by atoms with Crippen LogP contribution in [0.4, 0.5) is 10.2 Å². The van der Waals surface area contributed by atoms with Crippen molar-refractivity contribution in [3.63, 3.8) is 0 Å². The van der Waals surface area contributed by atoms with Crippen molar-refractivity contribution in [2.75, 3.05) is 11.9 Å². The molecule has 0 radical (unpaired) electrons. The highest BCUT2D eigenvalue weighted by molar-refractivity contribution is 5.91. The number of pyridine rings is 1. The Balaban J connectivity index is 1.60. The van der Waals surface area contributed by atoms with Gasteiger partial charge >= 0.3 is 0 Å². The number of anilines is 1. The van der Waals surface area contributed by atoms with Gasteiger partial charge in [0.15, 0.2) is 17.5 Å². The molecule has 0 aliphatic heterocycles. The molecule has 4 rings (SSSR count). The fourth-order valence-electron chi connectivity index (χ4n) is 3.40. The average Bonchev–Trinajstić information content (AvgIpc) is 3.06. The quantitative estimate of drug-likeness (QED) is 0.678. The number of aromatic amines is 1. The van der Waals surface area contributed by atoms with Gasteiger partial charge in [0.2, 0.25) is 0 Å². The van der Waals surface area contributed by atoms with E-state index in [4.69, 9.17) is 0 Å². The van der Waals surface area contributed by atoms with E-state index in [2.05, 4.69) is 25.3 Å². The number of aliphatic hydroxyl groups is 1. The molecule has 1 aliphatic rings. The molecular formula is C18H20FN5O. The van der Waals surface area contributed by atoms with Gasteiger partial charge in [-0.25, -0.2) is 19.3 Å². The van der Waals surface area contributed by atoms with Crippen LogP contribution in [0.2, 0.25) is 0 Å². The Morgan fingerprint density at radius 3 is 2.92 bits per heavy atom. The Kier molecular flexibility index (Phi) is 4.09. The van der Waals surface area contributed by atoms with Crippen molar-refractivity contribution < 1.29 is 9.50 Å². The van der Waals surface area contributed by atoms with E-state index in [1.165, 1.54) is 0 Å². The summed E-state index contributed by atoms with van der Waals surface area (Å²) < 4.78 is 14.1. The maximum atomic E-state index is 14.1. The average molecular weight is 341 g/mol. The van der Waals surface area contributed by atoms with Crippen molar-refractivity contribution in [3.05, 3.63) is 36.5 Å². The fraction of sp³-hybridized carbons (Fsp3) is 0.389. The number of halogens is 1. The van der Waals surface area contributed by atoms with Gasteiger partial charge in [0, 0.05) is 29.9 Å². The van der Waals surface area contributed by atoms with Crippen LogP contribution in [0.15, 0.2) is 30.7 Å². The Morgan fingerprint density at radius 1 is 1.24 bits per heavy atom. The van der Waals surface area contributed by atoms with Gasteiger partial charge in [-0.05, 0) is 25.0 Å². The number of hydrogen-bond donors (Lipinski definition) is 3. The normalized spacial score (nSPS) is 16.9. The van der Waals surface area contributed by atoms with Gasteiger partial charge in [-0.3, -0.25) is 0 Å². The van der Waals surface area contributed by atoms with E-state index in [9.17, 15) is 9.50 Å². The predicted molar refractivity (Wildman–Crippen MR) is 93.6 cm³/mol. The summed E-state index contributed by atoms with van der Waals surface area (Å²) in [5.41, 5.74) is 0.708. The highest BCUT2D eigenvalue weighted by Crippen LogP contribution is 2.29. The van der Waals surface area contributed by atoms with Gasteiger partial charge in [0.1, 0.15) is 5.65 Å². The van der Waals surface area contributed by atoms with Crippen molar-refractivity contribution in [1.82, 2.24) is 19.9 Å². The Bertz CT molecular complexity index is 888. The topological polar surface area (TPSA) is 86.7 Å². The lowest BCUT2D eigenvalue weighted by atomic mass is 9.85. The van der Waals surface area contributed by atoms with E-state index < -0.39 is 11.4 Å². The fourth-order valence-corrected chi connectivity index (χ4v) is 3.40. The van der Waals surface area contributed by atoms with E-state index in [-0.39, 0.29) is 12.4 Å². The minimum atomic E-state index is -0.791. The second kappa shape index (κ2) is 6.40. The second-order valence-corrected chi connectivity index (χ2v) is 6.63. The number of nitrogens with zero attached hydrogens (tertiary/aromatic N) is 3. The van der Waals surface area contributed by atoms with Crippen molar-refractivity contribution in [2.45, 2.75) is 37.7 Å². The number of hydrogen-bond acceptors (Lipinski definition) is 5. The monoisotopic (exact) mass is 341 g/mol. The van der Waals surface area contributed by atoms with Crippen molar-refractivity contribution in [3.8, 4) is 11.4 Å². The molecular weight excluding hydrogens is 321 g/mol. The number of aromatic nitrogens is 4. The molecule has 3 heterocycles. The predicted octanol–water partition coefficient (Wildman–Crippen LogP) is 3.27. The zero-order chi connectivity index (χ0) is 17.3. The molecule has 0 atom stereocenters. The zero-order valence-electron chi connectivity index (χ0n) is 13.8. The van der Waals surface area contributed by atoms with E-state index >= 15 is 0 Å². The summed E-state index contributed by atoms with van der Waals surface area (Å²) in [4.78, 5) is 15.7. The molecule has 1 aliphatic carbocycles. The molecule has 1 fully saturated rings. The summed E-state index contributed by atoms with van der Waals surface area (Å²) in [6, 6.07) is 3.75. The minimum absolute atomic E-state index is 0.113. The van der Waals surface area contributed by atoms with Crippen molar-refractivity contribution in [2.24, 2.45) is 0 Å². The van der Waals surface area contributed by atoms with Crippen LogP contribution >= 0.6 is 0 Å². The number of nitrogens with one attached hydrogen (secondary N) is 2. The smallest absolute Gasteiger partial charge is 0.183 e. The van der Waals surface area contributed by atoms with Gasteiger partial charge in [0.05, 0.1) is 11.8 Å². The maximum absolute atomic E-state index is 14.1. The van der Waals surface area contributed by atoms with Crippen LogP contribution in [0, 0.1) is 5.82 Å². The first kappa shape index (κ1) is 16.0. The molecule has 25 heavy (non-hydrogen) atoms. The SMILES string of the molecule is OC1(CNc2nc(-c3c[nH]c4ncccc34)ncc2F)CCCCC1. The highest BCUT2D eigenvalue weighted by atomic mass is 19.1. The van der Waals surface area contributed by atoms with Crippen LogP contribution in [0.1, 0.15) is 32.1 Å². The summed E-state index contributed by atoms with van der Waals surface area (Å²) in [7, 11) is 0. The van der Waals surface area contributed by atoms with Crippen molar-refractivity contribution >= 4 is 16.9 Å². The van der Waals surface area contributed by atoms with Crippen LogP contribution in [-0.2, 0) is 0 Å². The molecule has 0 spiro atoms. The molecule has 6 nitrogen and oxygen atoms in total. The lowest BCUT2D eigenvalue weighted by Crippen LogP contribution is -2.39. The summed E-state index contributed by atoms with van der Waals surface area (Å²) >= 11 is 0. The Hall–Kier alpha value is -2.54. The van der Waals surface area contributed by atoms with Crippen LogP contribution < -0.4 is 5.32 Å². The minimum Gasteiger partial charge on any atom is -0.388 e. The first-order chi connectivity index (χ1) is 12.1. The maximum Gasteiger partial charge on any atom is 0.183 e. The van der Waals surface area contributed by atoms with Gasteiger partial charge < -0.3 is 15.4 Å². The number of rotatable bonds is 4. The van der Waals surface area contributed by atoms with E-state index in [0.717, 1.165) is 54.9 Å². The third-order valence-electron chi connectivity index (χ3n) is 4.81. The van der Waals surface area contributed by atoms with Crippen LogP contribution in [0.25, 0.3) is 22.4 Å². The largest absolute Gasteiger partial charge is 0.388 e. The lowest BCUT2D eigenvalue weighted by Gasteiger charge is -2.32. The van der Waals surface area contributed by atoms with Crippen LogP contribution in [-0.4, -0.2) is 37.2 Å². The van der Waals surface area contributed by atoms with E-state index in [1.54, 1.807) is 12.4 Å². The van der Waals surface area contributed by atoms with Gasteiger partial charge in [-0.2, -0.15) is 0 Å². The van der Waals surface area contributed by atoms with E-state index in [0.29, 0.717) is 5.82 Å². The Morgan fingerprint density at radius 2 is 2.08 bits per heavy atom. The molecule has 0 saturated heterocycles. The van der Waals surface area contributed by atoms with E-state index in [1.807, 2.05) is 12.1 Å². The molecule has 3 aromatic rings. The molecule has 0 aromatic carbocycles. The molecule has 1 saturated carbocycles. The first-order valence-electron chi connectivity index (χ1n) is 8.56. The second-order valence-electron chi connectivity index (χ2n) is 6.63. The summed E-state index contributed by atoms with van der Waals surface area (Å²) in [5.74, 6) is 0.00199. The zero-order valence-corrected chi connectivity index (χ0v) is 13.8. The van der Waals surface area contributed by atoms with Crippen LogP contribution in [0.5, 0.6) is 0 Å². The molecule has 0 amide bonds. The molecule has 0 unspecified atom stereocenters. The highest BCUT2D eigenvalue weighted by Gasteiger charge is 2.29. The Labute approximate surface area is 144 Å².